The van der Waals surface area contributed by atoms with E-state index in [1.165, 1.54) is 0 Å². The van der Waals surface area contributed by atoms with Crippen molar-refractivity contribution in [1.29, 1.82) is 0 Å². The summed E-state index contributed by atoms with van der Waals surface area (Å²) < 4.78 is 17.5. The first-order chi connectivity index (χ1) is 10.3. The molecular formula is C15H25N3O3. The van der Waals surface area contributed by atoms with Crippen LogP contribution in [-0.2, 0) is 15.9 Å². The number of hydrogen-bond donors (Lipinski definition) is 0. The van der Waals surface area contributed by atoms with E-state index in [0.717, 1.165) is 64.1 Å². The van der Waals surface area contributed by atoms with Crippen LogP contribution in [0.5, 0.6) is 0 Å². The van der Waals surface area contributed by atoms with Crippen molar-refractivity contribution in [2.45, 2.75) is 57.2 Å². The van der Waals surface area contributed by atoms with E-state index in [0.29, 0.717) is 6.01 Å². The Balaban J connectivity index is 1.63. The molecule has 2 fully saturated rings. The highest BCUT2D eigenvalue weighted by atomic mass is 16.5. The van der Waals surface area contributed by atoms with Crippen molar-refractivity contribution >= 4 is 6.01 Å². The Labute approximate surface area is 125 Å². The third-order valence-corrected chi connectivity index (χ3v) is 4.67. The highest BCUT2D eigenvalue weighted by Gasteiger charge is 2.45. The molecule has 6 heteroatoms. The van der Waals surface area contributed by atoms with E-state index < -0.39 is 0 Å². The van der Waals surface area contributed by atoms with E-state index in [1.807, 2.05) is 0 Å². The standard InChI is InChI=1S/C15H25N3O3/c1-3-5-13-16-17-14(21-13)18-9-7-15(8-10-18)12(19-2)6-4-11-20-15/h12H,3-11H2,1-2H3/t12-/m0/s1. The Morgan fingerprint density at radius 2 is 2.14 bits per heavy atom. The smallest absolute Gasteiger partial charge is 0.318 e. The monoisotopic (exact) mass is 295 g/mol. The second kappa shape index (κ2) is 6.32. The number of methoxy groups -OCH3 is 1. The van der Waals surface area contributed by atoms with Crippen molar-refractivity contribution in [3.63, 3.8) is 0 Å². The third-order valence-electron chi connectivity index (χ3n) is 4.67. The van der Waals surface area contributed by atoms with Crippen LogP contribution in [0.15, 0.2) is 4.42 Å². The molecule has 0 N–H and O–H groups in total. The molecule has 1 atom stereocenters. The summed E-state index contributed by atoms with van der Waals surface area (Å²) in [6.45, 7) is 4.72. The van der Waals surface area contributed by atoms with Gasteiger partial charge in [-0.15, -0.1) is 5.10 Å². The van der Waals surface area contributed by atoms with Crippen LogP contribution < -0.4 is 4.90 Å². The molecule has 0 saturated carbocycles. The Kier molecular flexibility index (Phi) is 4.45. The predicted octanol–water partition coefficient (Wildman–Crippen LogP) is 2.19. The summed E-state index contributed by atoms with van der Waals surface area (Å²) in [6, 6.07) is 0.651. The number of ether oxygens (including phenoxy) is 2. The van der Waals surface area contributed by atoms with E-state index in [2.05, 4.69) is 22.0 Å². The Morgan fingerprint density at radius 1 is 1.33 bits per heavy atom. The average Bonchev–Trinajstić information content (AvgIpc) is 2.98. The molecule has 0 amide bonds. The SMILES string of the molecule is CCCc1nnc(N2CCC3(CC2)OCCC[C@@H]3OC)o1. The van der Waals surface area contributed by atoms with Crippen molar-refractivity contribution in [1.82, 2.24) is 10.2 Å². The zero-order valence-electron chi connectivity index (χ0n) is 13.0. The lowest BCUT2D eigenvalue weighted by molar-refractivity contribution is -0.175. The van der Waals surface area contributed by atoms with Crippen LogP contribution in [-0.4, -0.2) is 48.7 Å². The summed E-state index contributed by atoms with van der Waals surface area (Å²) in [5, 5.41) is 8.27. The van der Waals surface area contributed by atoms with Crippen LogP contribution in [0.4, 0.5) is 6.01 Å². The summed E-state index contributed by atoms with van der Waals surface area (Å²) in [6.07, 6.45) is 6.18. The van der Waals surface area contributed by atoms with Gasteiger partial charge in [-0.25, -0.2) is 0 Å². The van der Waals surface area contributed by atoms with Crippen LogP contribution in [0, 0.1) is 0 Å². The lowest BCUT2D eigenvalue weighted by Crippen LogP contribution is -2.56. The minimum absolute atomic E-state index is 0.115. The van der Waals surface area contributed by atoms with Gasteiger partial charge in [-0.3, -0.25) is 0 Å². The minimum atomic E-state index is -0.115. The van der Waals surface area contributed by atoms with Gasteiger partial charge in [0.2, 0.25) is 5.89 Å². The maximum Gasteiger partial charge on any atom is 0.318 e. The lowest BCUT2D eigenvalue weighted by atomic mass is 9.82. The van der Waals surface area contributed by atoms with E-state index in [-0.39, 0.29) is 11.7 Å². The Hall–Kier alpha value is -1.14. The normalized spacial score (nSPS) is 25.4. The van der Waals surface area contributed by atoms with E-state index >= 15 is 0 Å². The molecule has 0 unspecified atom stereocenters. The fraction of sp³-hybridized carbons (Fsp3) is 0.867. The van der Waals surface area contributed by atoms with Crippen LogP contribution in [0.25, 0.3) is 0 Å². The zero-order chi connectivity index (χ0) is 14.7. The number of hydrogen-bond acceptors (Lipinski definition) is 6. The molecule has 3 heterocycles. The molecule has 0 aliphatic carbocycles. The third kappa shape index (κ3) is 2.92. The summed E-state index contributed by atoms with van der Waals surface area (Å²) >= 11 is 0. The molecule has 0 radical (unpaired) electrons. The van der Waals surface area contributed by atoms with Crippen LogP contribution in [0.3, 0.4) is 0 Å². The second-order valence-electron chi connectivity index (χ2n) is 6.00. The van der Waals surface area contributed by atoms with Crippen molar-refractivity contribution in [2.24, 2.45) is 0 Å². The van der Waals surface area contributed by atoms with Gasteiger partial charge in [0, 0.05) is 33.2 Å². The Morgan fingerprint density at radius 3 is 2.86 bits per heavy atom. The van der Waals surface area contributed by atoms with Crippen molar-refractivity contribution in [3.8, 4) is 0 Å². The number of piperidine rings is 1. The highest BCUT2D eigenvalue weighted by molar-refractivity contribution is 5.26. The van der Waals surface area contributed by atoms with Gasteiger partial charge in [0.05, 0.1) is 11.7 Å². The van der Waals surface area contributed by atoms with Gasteiger partial charge in [0.25, 0.3) is 0 Å². The highest BCUT2D eigenvalue weighted by Crippen LogP contribution is 2.37. The molecule has 1 spiro atoms. The number of anilines is 1. The van der Waals surface area contributed by atoms with Gasteiger partial charge in [0.1, 0.15) is 0 Å². The quantitative estimate of drug-likeness (QED) is 0.848. The first kappa shape index (κ1) is 14.8. The summed E-state index contributed by atoms with van der Waals surface area (Å²) in [5.41, 5.74) is -0.115. The molecule has 1 aromatic rings. The summed E-state index contributed by atoms with van der Waals surface area (Å²) in [7, 11) is 1.79. The fourth-order valence-electron chi connectivity index (χ4n) is 3.46. The van der Waals surface area contributed by atoms with Crippen LogP contribution >= 0.6 is 0 Å². The van der Waals surface area contributed by atoms with Gasteiger partial charge >= 0.3 is 6.01 Å². The van der Waals surface area contributed by atoms with Crippen LogP contribution in [0.1, 0.15) is 44.9 Å². The van der Waals surface area contributed by atoms with E-state index in [1.54, 1.807) is 7.11 Å². The lowest BCUT2D eigenvalue weighted by Gasteiger charge is -2.47. The maximum atomic E-state index is 6.12. The molecular weight excluding hydrogens is 270 g/mol. The molecule has 118 valence electrons. The van der Waals surface area contributed by atoms with Crippen LogP contribution in [0.2, 0.25) is 0 Å². The molecule has 2 aliphatic heterocycles. The molecule has 6 nitrogen and oxygen atoms in total. The van der Waals surface area contributed by atoms with Gasteiger partial charge in [0.15, 0.2) is 0 Å². The average molecular weight is 295 g/mol. The molecule has 2 aliphatic rings. The summed E-state index contributed by atoms with van der Waals surface area (Å²) in [5.74, 6) is 0.733. The topological polar surface area (TPSA) is 60.6 Å². The van der Waals surface area contributed by atoms with E-state index in [9.17, 15) is 0 Å². The first-order valence-electron chi connectivity index (χ1n) is 8.01. The molecule has 21 heavy (non-hydrogen) atoms. The van der Waals surface area contributed by atoms with Gasteiger partial charge in [-0.2, -0.15) is 0 Å². The number of aromatic nitrogens is 2. The fourth-order valence-corrected chi connectivity index (χ4v) is 3.46. The number of nitrogens with zero attached hydrogens (tertiary/aromatic N) is 3. The Bertz CT molecular complexity index is 455. The molecule has 1 aromatic heterocycles. The van der Waals surface area contributed by atoms with Crippen molar-refractivity contribution in [3.05, 3.63) is 5.89 Å². The molecule has 3 rings (SSSR count). The van der Waals surface area contributed by atoms with Crippen molar-refractivity contribution in [2.75, 3.05) is 31.7 Å². The van der Waals surface area contributed by atoms with E-state index in [4.69, 9.17) is 13.9 Å². The zero-order valence-corrected chi connectivity index (χ0v) is 13.0. The van der Waals surface area contributed by atoms with Gasteiger partial charge < -0.3 is 18.8 Å². The molecule has 2 saturated heterocycles. The van der Waals surface area contributed by atoms with Crippen molar-refractivity contribution < 1.29 is 13.9 Å². The predicted molar refractivity (Wildman–Crippen MR) is 78.5 cm³/mol. The van der Waals surface area contributed by atoms with Gasteiger partial charge in [-0.1, -0.05) is 12.0 Å². The number of aryl methyl sites for hydroxylation is 1. The molecule has 0 bridgehead atoms. The second-order valence-corrected chi connectivity index (χ2v) is 6.00. The maximum absolute atomic E-state index is 6.12. The van der Waals surface area contributed by atoms with Gasteiger partial charge in [-0.05, 0) is 32.1 Å². The first-order valence-corrected chi connectivity index (χ1v) is 8.01. The largest absolute Gasteiger partial charge is 0.408 e. The minimum Gasteiger partial charge on any atom is -0.408 e. The molecule has 0 aromatic carbocycles. The summed E-state index contributed by atoms with van der Waals surface area (Å²) in [4.78, 5) is 2.17. The number of rotatable bonds is 4.